The molecular formula is C24H36N4OS. The lowest BCUT2D eigenvalue weighted by molar-refractivity contribution is 0.112. The molecule has 0 radical (unpaired) electrons. The summed E-state index contributed by atoms with van der Waals surface area (Å²) in [4.78, 5) is 21.8. The van der Waals surface area contributed by atoms with Gasteiger partial charge in [-0.1, -0.05) is 46.3 Å². The third-order valence-corrected chi connectivity index (χ3v) is 5.53. The molecule has 30 heavy (non-hydrogen) atoms. The fraction of sp³-hybridized carbons (Fsp3) is 0.458. The third kappa shape index (κ3) is 8.11. The van der Waals surface area contributed by atoms with E-state index in [1.54, 1.807) is 12.5 Å². The number of thiophene rings is 1. The van der Waals surface area contributed by atoms with Gasteiger partial charge in [0, 0.05) is 24.1 Å². The monoisotopic (exact) mass is 428 g/mol. The van der Waals surface area contributed by atoms with Crippen molar-refractivity contribution in [3.05, 3.63) is 41.6 Å². The van der Waals surface area contributed by atoms with Crippen LogP contribution in [0.15, 0.2) is 41.7 Å². The maximum atomic E-state index is 11.5. The Labute approximate surface area is 185 Å². The van der Waals surface area contributed by atoms with Crippen molar-refractivity contribution in [3.8, 4) is 0 Å². The Hall–Kier alpha value is -2.47. The fourth-order valence-corrected chi connectivity index (χ4v) is 3.47. The lowest BCUT2D eigenvalue weighted by Gasteiger charge is -2.13. The molecular weight excluding hydrogens is 392 g/mol. The van der Waals surface area contributed by atoms with Crippen molar-refractivity contribution in [2.24, 2.45) is 16.8 Å². The van der Waals surface area contributed by atoms with Gasteiger partial charge < -0.3 is 10.6 Å². The maximum absolute atomic E-state index is 11.5. The van der Waals surface area contributed by atoms with E-state index in [-0.39, 0.29) is 0 Å². The van der Waals surface area contributed by atoms with Gasteiger partial charge in [0.2, 0.25) is 0 Å². The quantitative estimate of drug-likeness (QED) is 0.186. The number of aromatic nitrogens is 1. The zero-order valence-corrected chi connectivity index (χ0v) is 20.0. The third-order valence-electron chi connectivity index (χ3n) is 4.51. The second kappa shape index (κ2) is 13.7. The molecule has 0 fully saturated rings. The van der Waals surface area contributed by atoms with Gasteiger partial charge in [-0.05, 0) is 38.2 Å². The molecule has 0 aliphatic rings. The van der Waals surface area contributed by atoms with Gasteiger partial charge in [0.1, 0.15) is 4.83 Å². The number of hydrogen-bond acceptors (Lipinski definition) is 5. The van der Waals surface area contributed by atoms with Crippen LogP contribution in [0.4, 0.5) is 11.4 Å². The second-order valence-electron chi connectivity index (χ2n) is 7.60. The van der Waals surface area contributed by atoms with Gasteiger partial charge in [0.25, 0.3) is 0 Å². The topological polar surface area (TPSA) is 66.4 Å². The smallest absolute Gasteiger partial charge is 0.162 e. The molecule has 0 saturated carbocycles. The minimum atomic E-state index is 0.586. The second-order valence-corrected chi connectivity index (χ2v) is 8.63. The minimum Gasteiger partial charge on any atom is -0.384 e. The van der Waals surface area contributed by atoms with E-state index < -0.39 is 0 Å². The van der Waals surface area contributed by atoms with Crippen molar-refractivity contribution in [1.29, 1.82) is 0 Å². The van der Waals surface area contributed by atoms with E-state index in [0.717, 1.165) is 34.4 Å². The molecule has 0 amide bonds. The molecule has 1 unspecified atom stereocenters. The van der Waals surface area contributed by atoms with E-state index in [1.807, 2.05) is 32.1 Å². The van der Waals surface area contributed by atoms with Crippen molar-refractivity contribution in [3.63, 3.8) is 0 Å². The SMILES string of the molecule is C/C=C(\C)NC=Nc1c(C=O)sc2nccc(NCC(C)CCC)c12.C=CC(C)C. The van der Waals surface area contributed by atoms with E-state index in [1.165, 1.54) is 24.2 Å². The highest BCUT2D eigenvalue weighted by molar-refractivity contribution is 7.21. The van der Waals surface area contributed by atoms with Crippen molar-refractivity contribution in [2.75, 3.05) is 11.9 Å². The van der Waals surface area contributed by atoms with Gasteiger partial charge in [-0.2, -0.15) is 0 Å². The number of rotatable bonds is 10. The molecule has 0 aliphatic carbocycles. The summed E-state index contributed by atoms with van der Waals surface area (Å²) in [6.45, 7) is 17.0. The highest BCUT2D eigenvalue weighted by Crippen LogP contribution is 2.40. The molecule has 2 rings (SSSR count). The van der Waals surface area contributed by atoms with E-state index in [9.17, 15) is 4.79 Å². The first-order chi connectivity index (χ1) is 14.4. The molecule has 2 aromatic heterocycles. The maximum Gasteiger partial charge on any atom is 0.162 e. The van der Waals surface area contributed by atoms with Gasteiger partial charge in [0.05, 0.1) is 22.3 Å². The van der Waals surface area contributed by atoms with Crippen LogP contribution in [0.25, 0.3) is 10.2 Å². The molecule has 2 N–H and O–H groups in total. The van der Waals surface area contributed by atoms with Crippen molar-refractivity contribution < 1.29 is 4.79 Å². The number of hydrogen-bond donors (Lipinski definition) is 2. The molecule has 2 heterocycles. The summed E-state index contributed by atoms with van der Waals surface area (Å²) in [6.07, 6.45) is 10.5. The van der Waals surface area contributed by atoms with E-state index in [2.05, 4.69) is 54.9 Å². The van der Waals surface area contributed by atoms with Crippen LogP contribution in [0, 0.1) is 11.8 Å². The van der Waals surface area contributed by atoms with Gasteiger partial charge in [0.15, 0.2) is 6.29 Å². The van der Waals surface area contributed by atoms with E-state index in [0.29, 0.717) is 22.4 Å². The molecule has 0 bridgehead atoms. The number of carbonyl (C=O) groups is 1. The number of aliphatic imine (C=N–C) groups is 1. The number of pyridine rings is 1. The zero-order chi connectivity index (χ0) is 22.5. The summed E-state index contributed by atoms with van der Waals surface area (Å²) in [5, 5.41) is 7.51. The highest BCUT2D eigenvalue weighted by Gasteiger charge is 2.16. The molecule has 5 nitrogen and oxygen atoms in total. The first kappa shape index (κ1) is 25.6. The normalized spacial score (nSPS) is 12.6. The summed E-state index contributed by atoms with van der Waals surface area (Å²) in [6, 6.07) is 1.95. The van der Waals surface area contributed by atoms with E-state index >= 15 is 0 Å². The Kier molecular flexibility index (Phi) is 11.7. The predicted octanol–water partition coefficient (Wildman–Crippen LogP) is 6.96. The molecule has 0 spiro atoms. The summed E-state index contributed by atoms with van der Waals surface area (Å²) in [5.74, 6) is 1.23. The van der Waals surface area contributed by atoms with Crippen LogP contribution in [0.1, 0.15) is 64.1 Å². The predicted molar refractivity (Wildman–Crippen MR) is 133 cm³/mol. The molecule has 6 heteroatoms. The van der Waals surface area contributed by atoms with Crippen LogP contribution in [0.3, 0.4) is 0 Å². The summed E-state index contributed by atoms with van der Waals surface area (Å²) in [5.41, 5.74) is 2.65. The number of aldehydes is 1. The Morgan fingerprint density at radius 3 is 2.63 bits per heavy atom. The summed E-state index contributed by atoms with van der Waals surface area (Å²) in [7, 11) is 0. The molecule has 1 atom stereocenters. The number of nitrogens with zero attached hydrogens (tertiary/aromatic N) is 2. The number of fused-ring (bicyclic) bond motifs is 1. The van der Waals surface area contributed by atoms with Gasteiger partial charge in [-0.25, -0.2) is 9.98 Å². The van der Waals surface area contributed by atoms with E-state index in [4.69, 9.17) is 0 Å². The van der Waals surface area contributed by atoms with Crippen LogP contribution in [0.2, 0.25) is 0 Å². The molecule has 0 saturated heterocycles. The zero-order valence-electron chi connectivity index (χ0n) is 19.2. The number of carbonyl (C=O) groups excluding carboxylic acids is 1. The van der Waals surface area contributed by atoms with Crippen LogP contribution in [-0.4, -0.2) is 24.2 Å². The lowest BCUT2D eigenvalue weighted by atomic mass is 10.1. The molecule has 0 aliphatic heterocycles. The van der Waals surface area contributed by atoms with Crippen LogP contribution in [-0.2, 0) is 0 Å². The number of anilines is 1. The Morgan fingerprint density at radius 2 is 2.07 bits per heavy atom. The average Bonchev–Trinajstić information content (AvgIpc) is 3.11. The Bertz CT molecular complexity index is 867. The molecule has 0 aromatic carbocycles. The van der Waals surface area contributed by atoms with Crippen molar-refractivity contribution in [2.45, 2.75) is 54.4 Å². The average molecular weight is 429 g/mol. The molecule has 164 valence electrons. The summed E-state index contributed by atoms with van der Waals surface area (Å²) >= 11 is 1.37. The molecule has 2 aromatic rings. The van der Waals surface area contributed by atoms with Crippen molar-refractivity contribution in [1.82, 2.24) is 10.3 Å². The summed E-state index contributed by atoms with van der Waals surface area (Å²) < 4.78 is 0. The largest absolute Gasteiger partial charge is 0.384 e. The van der Waals surface area contributed by atoms with Crippen LogP contribution < -0.4 is 10.6 Å². The first-order valence-corrected chi connectivity index (χ1v) is 11.3. The first-order valence-electron chi connectivity index (χ1n) is 10.5. The van der Waals surface area contributed by atoms with Crippen molar-refractivity contribution >= 4 is 45.6 Å². The van der Waals surface area contributed by atoms with Crippen LogP contribution in [0.5, 0.6) is 0 Å². The lowest BCUT2D eigenvalue weighted by Crippen LogP contribution is -2.11. The Morgan fingerprint density at radius 1 is 1.37 bits per heavy atom. The minimum absolute atomic E-state index is 0.586. The van der Waals surface area contributed by atoms with Gasteiger partial charge >= 0.3 is 0 Å². The fourth-order valence-electron chi connectivity index (χ4n) is 2.54. The van der Waals surface area contributed by atoms with Gasteiger partial charge in [-0.3, -0.25) is 4.79 Å². The highest BCUT2D eigenvalue weighted by atomic mass is 32.1. The number of nitrogens with one attached hydrogen (secondary N) is 2. The number of allylic oxidation sites excluding steroid dienone is 3. The van der Waals surface area contributed by atoms with Gasteiger partial charge in [-0.15, -0.1) is 17.9 Å². The Balaban J connectivity index is 0.000000804. The standard InChI is InChI=1S/C19H26N4OS.C5H10/c1-5-7-13(3)10-21-15-8-9-20-19-17(15)18(16(11-24)25-19)23-12-22-14(4)6-2;1-4-5(2)3/h6,8-9,11-13H,5,7,10H2,1-4H3,(H,20,21)(H,22,23);4-5H,1H2,2-3H3/b14-6+;. The van der Waals surface area contributed by atoms with Crippen LogP contribution >= 0.6 is 11.3 Å².